The average Bonchev–Trinajstić information content (AvgIpc) is 3.28. The van der Waals surface area contributed by atoms with Crippen LogP contribution in [0.4, 0.5) is 5.69 Å². The largest absolute Gasteiger partial charge is 0.492 e. The minimum atomic E-state index is -3.59. The highest BCUT2D eigenvalue weighted by atomic mass is 32.2. The Kier molecular flexibility index (Phi) is 6.56. The number of benzene rings is 2. The van der Waals surface area contributed by atoms with Crippen molar-refractivity contribution in [2.24, 2.45) is 0 Å². The first-order chi connectivity index (χ1) is 13.9. The van der Waals surface area contributed by atoms with Crippen LogP contribution in [0.25, 0.3) is 0 Å². The first-order valence-electron chi connectivity index (χ1n) is 8.98. The van der Waals surface area contributed by atoms with Crippen molar-refractivity contribution in [1.82, 2.24) is 5.32 Å². The normalized spacial score (nSPS) is 11.1. The van der Waals surface area contributed by atoms with Gasteiger partial charge in [-0.2, -0.15) is 0 Å². The third-order valence-electron chi connectivity index (χ3n) is 4.28. The monoisotopic (exact) mass is 430 g/mol. The lowest BCUT2D eigenvalue weighted by molar-refractivity contribution is 0.0947. The summed E-state index contributed by atoms with van der Waals surface area (Å²) >= 11 is 1.17. The van der Waals surface area contributed by atoms with Gasteiger partial charge in [0.05, 0.1) is 12.2 Å². The molecular weight excluding hydrogens is 408 g/mol. The van der Waals surface area contributed by atoms with E-state index >= 15 is 0 Å². The number of hydrogen-bond donors (Lipinski definition) is 1. The molecule has 152 valence electrons. The zero-order valence-electron chi connectivity index (χ0n) is 16.2. The quantitative estimate of drug-likeness (QED) is 0.553. The van der Waals surface area contributed by atoms with Crippen molar-refractivity contribution in [3.8, 4) is 5.75 Å². The summed E-state index contributed by atoms with van der Waals surface area (Å²) in [6.45, 7) is 2.72. The first kappa shape index (κ1) is 20.9. The number of carbonyl (C=O) groups is 1. The van der Waals surface area contributed by atoms with Crippen LogP contribution in [0.1, 0.15) is 15.9 Å². The zero-order valence-corrected chi connectivity index (χ0v) is 17.8. The van der Waals surface area contributed by atoms with Gasteiger partial charge in [-0.3, -0.25) is 9.10 Å². The Morgan fingerprint density at radius 1 is 1.07 bits per heavy atom. The Labute approximate surface area is 174 Å². The van der Waals surface area contributed by atoms with Gasteiger partial charge in [0.25, 0.3) is 15.9 Å². The molecule has 0 radical (unpaired) electrons. The Hall–Kier alpha value is -2.84. The van der Waals surface area contributed by atoms with Crippen molar-refractivity contribution in [3.63, 3.8) is 0 Å². The van der Waals surface area contributed by atoms with Crippen molar-refractivity contribution in [1.29, 1.82) is 0 Å². The molecule has 0 bridgehead atoms. The number of nitrogens with one attached hydrogen (secondary N) is 1. The first-order valence-corrected chi connectivity index (χ1v) is 11.3. The second-order valence-electron chi connectivity index (χ2n) is 6.37. The number of rotatable bonds is 8. The van der Waals surface area contributed by atoms with Crippen LogP contribution < -0.4 is 14.4 Å². The Balaban J connectivity index is 1.54. The lowest BCUT2D eigenvalue weighted by atomic mass is 10.2. The topological polar surface area (TPSA) is 75.7 Å². The van der Waals surface area contributed by atoms with E-state index in [0.29, 0.717) is 24.4 Å². The molecule has 0 atom stereocenters. The standard InChI is InChI=1S/C21H22N2O4S2/c1-16-5-11-19(12-6-16)27-14-13-22-21(24)17-7-9-18(10-8-17)23(2)29(25,26)20-4-3-15-28-20/h3-12,15H,13-14H2,1-2H3,(H,22,24). The maximum atomic E-state index is 12.6. The lowest BCUT2D eigenvalue weighted by Crippen LogP contribution is -2.28. The van der Waals surface area contributed by atoms with Crippen LogP contribution in [0, 0.1) is 6.92 Å². The summed E-state index contributed by atoms with van der Waals surface area (Å²) in [6, 6.07) is 17.4. The summed E-state index contributed by atoms with van der Waals surface area (Å²) in [5.74, 6) is 0.511. The number of aryl methyl sites for hydroxylation is 1. The third kappa shape index (κ3) is 5.16. The van der Waals surface area contributed by atoms with Gasteiger partial charge in [0.1, 0.15) is 16.6 Å². The van der Waals surface area contributed by atoms with E-state index in [0.717, 1.165) is 11.3 Å². The number of anilines is 1. The average molecular weight is 431 g/mol. The molecule has 0 aliphatic carbocycles. The van der Waals surface area contributed by atoms with Crippen LogP contribution in [-0.2, 0) is 10.0 Å². The zero-order chi connectivity index (χ0) is 20.9. The maximum absolute atomic E-state index is 12.6. The van der Waals surface area contributed by atoms with E-state index < -0.39 is 10.0 Å². The summed E-state index contributed by atoms with van der Waals surface area (Å²) in [4.78, 5) is 12.3. The molecule has 8 heteroatoms. The van der Waals surface area contributed by atoms with Gasteiger partial charge in [0.15, 0.2) is 0 Å². The molecule has 0 spiro atoms. The number of carbonyl (C=O) groups excluding carboxylic acids is 1. The minimum absolute atomic E-state index is 0.243. The van der Waals surface area contributed by atoms with Crippen molar-refractivity contribution >= 4 is 33.0 Å². The second kappa shape index (κ2) is 9.11. The lowest BCUT2D eigenvalue weighted by Gasteiger charge is -2.18. The van der Waals surface area contributed by atoms with Crippen molar-refractivity contribution in [2.45, 2.75) is 11.1 Å². The van der Waals surface area contributed by atoms with E-state index in [9.17, 15) is 13.2 Å². The van der Waals surface area contributed by atoms with Crippen LogP contribution in [0.3, 0.4) is 0 Å². The molecule has 1 aromatic heterocycles. The third-order valence-corrected chi connectivity index (χ3v) is 7.44. The Bertz CT molecular complexity index is 1050. The summed E-state index contributed by atoms with van der Waals surface area (Å²) in [5, 5.41) is 4.51. The van der Waals surface area contributed by atoms with Crippen molar-refractivity contribution < 1.29 is 17.9 Å². The van der Waals surface area contributed by atoms with Crippen LogP contribution in [0.5, 0.6) is 5.75 Å². The number of hydrogen-bond acceptors (Lipinski definition) is 5. The van der Waals surface area contributed by atoms with Crippen LogP contribution in [0.2, 0.25) is 0 Å². The predicted octanol–water partition coefficient (Wildman–Crippen LogP) is 3.69. The fourth-order valence-corrected chi connectivity index (χ4v) is 4.93. The SMILES string of the molecule is Cc1ccc(OCCNC(=O)c2ccc(N(C)S(=O)(=O)c3cccs3)cc2)cc1. The van der Waals surface area contributed by atoms with E-state index in [1.165, 1.54) is 22.7 Å². The number of nitrogens with zero attached hydrogens (tertiary/aromatic N) is 1. The summed E-state index contributed by atoms with van der Waals surface area (Å²) in [6.07, 6.45) is 0. The molecule has 0 saturated carbocycles. The molecule has 3 aromatic rings. The molecular formula is C21H22N2O4S2. The number of amides is 1. The molecule has 1 N–H and O–H groups in total. The van der Waals surface area contributed by atoms with Gasteiger partial charge < -0.3 is 10.1 Å². The van der Waals surface area contributed by atoms with Gasteiger partial charge >= 0.3 is 0 Å². The van der Waals surface area contributed by atoms with E-state index in [1.54, 1.807) is 41.8 Å². The van der Waals surface area contributed by atoms with E-state index in [4.69, 9.17) is 4.74 Å². The maximum Gasteiger partial charge on any atom is 0.273 e. The predicted molar refractivity (Wildman–Crippen MR) is 115 cm³/mol. The molecule has 29 heavy (non-hydrogen) atoms. The second-order valence-corrected chi connectivity index (χ2v) is 9.51. The fourth-order valence-electron chi connectivity index (χ4n) is 2.58. The van der Waals surface area contributed by atoms with E-state index in [-0.39, 0.29) is 10.1 Å². The molecule has 2 aromatic carbocycles. The molecule has 0 aliphatic heterocycles. The molecule has 0 aliphatic rings. The molecule has 6 nitrogen and oxygen atoms in total. The van der Waals surface area contributed by atoms with Crippen LogP contribution in [-0.4, -0.2) is 34.5 Å². The smallest absolute Gasteiger partial charge is 0.273 e. The molecule has 1 heterocycles. The highest BCUT2D eigenvalue weighted by molar-refractivity contribution is 7.94. The molecule has 0 saturated heterocycles. The molecule has 1 amide bonds. The van der Waals surface area contributed by atoms with Gasteiger partial charge in [-0.1, -0.05) is 23.8 Å². The summed E-state index contributed by atoms with van der Waals surface area (Å²) in [5.41, 5.74) is 2.09. The molecule has 0 fully saturated rings. The number of ether oxygens (including phenoxy) is 1. The van der Waals surface area contributed by atoms with Crippen molar-refractivity contribution in [2.75, 3.05) is 24.5 Å². The van der Waals surface area contributed by atoms with Crippen LogP contribution >= 0.6 is 11.3 Å². The van der Waals surface area contributed by atoms with Gasteiger partial charge in [0.2, 0.25) is 0 Å². The number of thiophene rings is 1. The van der Waals surface area contributed by atoms with Gasteiger partial charge in [-0.15, -0.1) is 11.3 Å². The molecule has 0 unspecified atom stereocenters. The number of sulfonamides is 1. The molecule has 3 rings (SSSR count). The van der Waals surface area contributed by atoms with Crippen molar-refractivity contribution in [3.05, 3.63) is 77.2 Å². The van der Waals surface area contributed by atoms with E-state index in [1.807, 2.05) is 31.2 Å². The van der Waals surface area contributed by atoms with E-state index in [2.05, 4.69) is 5.32 Å². The Morgan fingerprint density at radius 2 is 1.76 bits per heavy atom. The highest BCUT2D eigenvalue weighted by Crippen LogP contribution is 2.25. The summed E-state index contributed by atoms with van der Waals surface area (Å²) < 4.78 is 32.2. The van der Waals surface area contributed by atoms with Crippen LogP contribution in [0.15, 0.2) is 70.3 Å². The summed E-state index contributed by atoms with van der Waals surface area (Å²) in [7, 11) is -2.10. The van der Waals surface area contributed by atoms with Gasteiger partial charge in [-0.25, -0.2) is 8.42 Å². The van der Waals surface area contributed by atoms with Gasteiger partial charge in [-0.05, 0) is 54.8 Å². The fraction of sp³-hybridized carbons (Fsp3) is 0.190. The van der Waals surface area contributed by atoms with Gasteiger partial charge in [0, 0.05) is 12.6 Å². The minimum Gasteiger partial charge on any atom is -0.492 e. The Morgan fingerprint density at radius 3 is 2.38 bits per heavy atom. The highest BCUT2D eigenvalue weighted by Gasteiger charge is 2.22.